The van der Waals surface area contributed by atoms with Gasteiger partial charge in [-0.05, 0) is 72.8 Å². The van der Waals surface area contributed by atoms with E-state index in [1.165, 1.54) is 55.9 Å². The van der Waals surface area contributed by atoms with E-state index in [1.807, 2.05) is 0 Å². The molecule has 1 amide bonds. The van der Waals surface area contributed by atoms with Crippen LogP contribution in [-0.2, 0) is 24.8 Å². The molecule has 4 aromatic rings. The molecule has 0 saturated heterocycles. The third-order valence-electron chi connectivity index (χ3n) is 5.34. The normalized spacial score (nSPS) is 11.4. The second-order valence-corrected chi connectivity index (χ2v) is 11.5. The van der Waals surface area contributed by atoms with Crippen LogP contribution < -0.4 is 19.1 Å². The fourth-order valence-corrected chi connectivity index (χ4v) is 5.95. The lowest BCUT2D eigenvalue weighted by molar-refractivity contribution is -0.114. The smallest absolute Gasteiger partial charge is 0.264 e. The molecule has 0 aliphatic rings. The summed E-state index contributed by atoms with van der Waals surface area (Å²) < 4.78 is 60.6. The molecule has 0 unspecified atom stereocenters. The molecule has 0 radical (unpaired) electrons. The average Bonchev–Trinajstić information content (AvgIpc) is 2.93. The minimum atomic E-state index is -4.08. The highest BCUT2D eigenvalue weighted by atomic mass is 32.2. The second kappa shape index (κ2) is 11.3. The summed E-state index contributed by atoms with van der Waals surface area (Å²) in [6, 6.07) is 22.7. The molecule has 3 aromatic carbocycles. The second-order valence-electron chi connectivity index (χ2n) is 7.94. The Hall–Kier alpha value is -4.42. The van der Waals surface area contributed by atoms with E-state index in [9.17, 15) is 21.6 Å². The lowest BCUT2D eigenvalue weighted by Crippen LogP contribution is -2.38. The molecule has 1 heterocycles. The molecule has 0 saturated carbocycles. The molecule has 196 valence electrons. The monoisotopic (exact) mass is 552 g/mol. The van der Waals surface area contributed by atoms with E-state index in [1.54, 1.807) is 54.6 Å². The molecule has 0 spiro atoms. The molecule has 0 fully saturated rings. The van der Waals surface area contributed by atoms with Crippen LogP contribution in [0.2, 0.25) is 0 Å². The zero-order chi connectivity index (χ0) is 27.2. The van der Waals surface area contributed by atoms with Gasteiger partial charge in [0.05, 0.1) is 34.5 Å². The van der Waals surface area contributed by atoms with Crippen LogP contribution in [0.15, 0.2) is 113 Å². The predicted molar refractivity (Wildman–Crippen MR) is 144 cm³/mol. The Morgan fingerprint density at radius 1 is 0.816 bits per heavy atom. The number of carbonyl (C=O) groups excluding carboxylic acids is 1. The van der Waals surface area contributed by atoms with Crippen LogP contribution >= 0.6 is 0 Å². The number of anilines is 3. The van der Waals surface area contributed by atoms with Crippen LogP contribution in [0.5, 0.6) is 5.75 Å². The number of hydrogen-bond donors (Lipinski definition) is 2. The van der Waals surface area contributed by atoms with Crippen molar-refractivity contribution in [3.63, 3.8) is 0 Å². The lowest BCUT2D eigenvalue weighted by Gasteiger charge is -2.24. The van der Waals surface area contributed by atoms with E-state index in [0.717, 1.165) is 4.31 Å². The van der Waals surface area contributed by atoms with Crippen molar-refractivity contribution in [2.24, 2.45) is 0 Å². The van der Waals surface area contributed by atoms with Crippen LogP contribution in [0.1, 0.15) is 0 Å². The number of carbonyl (C=O) groups is 1. The quantitative estimate of drug-likeness (QED) is 0.306. The van der Waals surface area contributed by atoms with Gasteiger partial charge in [-0.25, -0.2) is 16.8 Å². The molecule has 1 aromatic heterocycles. The van der Waals surface area contributed by atoms with Gasteiger partial charge >= 0.3 is 0 Å². The van der Waals surface area contributed by atoms with E-state index in [2.05, 4.69) is 15.0 Å². The SMILES string of the molecule is COc1ccc(N(CC(=O)Nc2ccc(S(=O)(=O)Nc3cccnc3)cc2)S(=O)(=O)c2ccccc2)cc1. The predicted octanol–water partition coefficient (Wildman–Crippen LogP) is 3.73. The fourth-order valence-electron chi connectivity index (χ4n) is 3.47. The number of sulfonamides is 2. The van der Waals surface area contributed by atoms with E-state index >= 15 is 0 Å². The van der Waals surface area contributed by atoms with E-state index < -0.39 is 32.5 Å². The number of amides is 1. The van der Waals surface area contributed by atoms with Gasteiger partial charge in [-0.3, -0.25) is 18.8 Å². The van der Waals surface area contributed by atoms with Gasteiger partial charge in [0.25, 0.3) is 20.0 Å². The van der Waals surface area contributed by atoms with Crippen molar-refractivity contribution in [1.29, 1.82) is 0 Å². The van der Waals surface area contributed by atoms with Gasteiger partial charge in [0, 0.05) is 11.9 Å². The van der Waals surface area contributed by atoms with Crippen molar-refractivity contribution in [2.75, 3.05) is 28.0 Å². The van der Waals surface area contributed by atoms with Crippen molar-refractivity contribution in [1.82, 2.24) is 4.98 Å². The Morgan fingerprint density at radius 2 is 1.50 bits per heavy atom. The molecule has 0 atom stereocenters. The summed E-state index contributed by atoms with van der Waals surface area (Å²) in [5.74, 6) is -0.0901. The Morgan fingerprint density at radius 3 is 2.11 bits per heavy atom. The Kier molecular flexibility index (Phi) is 7.93. The van der Waals surface area contributed by atoms with Crippen molar-refractivity contribution < 1.29 is 26.4 Å². The van der Waals surface area contributed by atoms with Gasteiger partial charge in [-0.1, -0.05) is 18.2 Å². The zero-order valence-corrected chi connectivity index (χ0v) is 21.8. The number of nitrogens with one attached hydrogen (secondary N) is 2. The van der Waals surface area contributed by atoms with Crippen molar-refractivity contribution in [3.8, 4) is 5.75 Å². The minimum Gasteiger partial charge on any atom is -0.497 e. The highest BCUT2D eigenvalue weighted by Crippen LogP contribution is 2.26. The first-order valence-corrected chi connectivity index (χ1v) is 14.2. The average molecular weight is 553 g/mol. The van der Waals surface area contributed by atoms with Gasteiger partial charge in [0.1, 0.15) is 12.3 Å². The van der Waals surface area contributed by atoms with Crippen LogP contribution in [-0.4, -0.2) is 41.4 Å². The summed E-state index contributed by atoms with van der Waals surface area (Å²) in [7, 11) is -6.46. The first-order valence-electron chi connectivity index (χ1n) is 11.2. The van der Waals surface area contributed by atoms with E-state index in [0.29, 0.717) is 17.1 Å². The van der Waals surface area contributed by atoms with Crippen LogP contribution in [0.3, 0.4) is 0 Å². The number of pyridine rings is 1. The standard InChI is InChI=1S/C26H24N4O6S2/c1-36-23-13-11-22(12-14-23)30(38(34,35)25-7-3-2-4-8-25)19-26(31)28-20-9-15-24(16-10-20)37(32,33)29-21-6-5-17-27-18-21/h2-18,29H,19H2,1H3,(H,28,31). The fraction of sp³-hybridized carbons (Fsp3) is 0.0769. The lowest BCUT2D eigenvalue weighted by atomic mass is 10.3. The highest BCUT2D eigenvalue weighted by Gasteiger charge is 2.27. The molecular weight excluding hydrogens is 528 g/mol. The summed E-state index contributed by atoms with van der Waals surface area (Å²) in [5, 5.41) is 2.62. The summed E-state index contributed by atoms with van der Waals surface area (Å²) in [6.45, 7) is -0.522. The molecule has 0 aliphatic carbocycles. The molecule has 38 heavy (non-hydrogen) atoms. The van der Waals surface area contributed by atoms with E-state index in [4.69, 9.17) is 4.74 Å². The number of nitrogens with zero attached hydrogens (tertiary/aromatic N) is 2. The van der Waals surface area contributed by atoms with Gasteiger partial charge in [0.15, 0.2) is 0 Å². The number of benzene rings is 3. The highest BCUT2D eigenvalue weighted by molar-refractivity contribution is 7.93. The van der Waals surface area contributed by atoms with E-state index in [-0.39, 0.29) is 15.5 Å². The van der Waals surface area contributed by atoms with Gasteiger partial charge in [-0.15, -0.1) is 0 Å². The number of methoxy groups -OCH3 is 1. The summed E-state index contributed by atoms with van der Waals surface area (Å²) >= 11 is 0. The molecule has 10 nitrogen and oxygen atoms in total. The third kappa shape index (κ3) is 6.28. The van der Waals surface area contributed by atoms with Gasteiger partial charge in [-0.2, -0.15) is 0 Å². The summed E-state index contributed by atoms with van der Waals surface area (Å²) in [4.78, 5) is 16.8. The number of hydrogen-bond acceptors (Lipinski definition) is 7. The topological polar surface area (TPSA) is 135 Å². The van der Waals surface area contributed by atoms with Gasteiger partial charge in [0.2, 0.25) is 5.91 Å². The maximum absolute atomic E-state index is 13.4. The maximum Gasteiger partial charge on any atom is 0.264 e. The minimum absolute atomic E-state index is 0.0223. The Labute approximate surface area is 221 Å². The Balaban J connectivity index is 1.53. The first-order chi connectivity index (χ1) is 18.2. The molecule has 4 rings (SSSR count). The van der Waals surface area contributed by atoms with Crippen LogP contribution in [0.4, 0.5) is 17.1 Å². The summed E-state index contributed by atoms with van der Waals surface area (Å²) in [6.07, 6.45) is 2.90. The maximum atomic E-state index is 13.4. The number of aromatic nitrogens is 1. The molecular formula is C26H24N4O6S2. The first kappa shape index (κ1) is 26.6. The Bertz CT molecular complexity index is 1600. The zero-order valence-electron chi connectivity index (χ0n) is 20.2. The van der Waals surface area contributed by atoms with Gasteiger partial charge < -0.3 is 10.1 Å². The number of ether oxygens (including phenoxy) is 1. The molecule has 0 bridgehead atoms. The molecule has 12 heteroatoms. The largest absolute Gasteiger partial charge is 0.497 e. The van der Waals surface area contributed by atoms with Crippen molar-refractivity contribution >= 4 is 43.0 Å². The number of rotatable bonds is 10. The van der Waals surface area contributed by atoms with Crippen molar-refractivity contribution in [3.05, 3.63) is 103 Å². The molecule has 0 aliphatic heterocycles. The van der Waals surface area contributed by atoms with Crippen molar-refractivity contribution in [2.45, 2.75) is 9.79 Å². The summed E-state index contributed by atoms with van der Waals surface area (Å²) in [5.41, 5.74) is 0.873. The third-order valence-corrected chi connectivity index (χ3v) is 8.53. The molecule has 2 N–H and O–H groups in total. The van der Waals surface area contributed by atoms with Crippen LogP contribution in [0.25, 0.3) is 0 Å². The van der Waals surface area contributed by atoms with Crippen LogP contribution in [0, 0.1) is 0 Å².